The molecule has 1 fully saturated rings. The van der Waals surface area contributed by atoms with Crippen LogP contribution >= 0.6 is 0 Å². The van der Waals surface area contributed by atoms with Crippen LogP contribution in [0.2, 0.25) is 0 Å². The number of nitrogens with zero attached hydrogens (tertiary/aromatic N) is 1. The molecule has 0 heterocycles. The molecule has 1 aliphatic carbocycles. The lowest BCUT2D eigenvalue weighted by molar-refractivity contribution is 0.0447. The average molecular weight is 313 g/mol. The van der Waals surface area contributed by atoms with Gasteiger partial charge in [-0.25, -0.2) is 4.79 Å². The van der Waals surface area contributed by atoms with Crippen molar-refractivity contribution in [2.75, 3.05) is 13.6 Å². The minimum absolute atomic E-state index is 0.0378. The van der Waals surface area contributed by atoms with Crippen molar-refractivity contribution in [3.63, 3.8) is 0 Å². The normalized spacial score (nSPS) is 25.6. The second-order valence-electron chi connectivity index (χ2n) is 7.82. The Labute approximate surface area is 135 Å². The minimum atomic E-state index is -0.479. The predicted molar refractivity (Wildman–Crippen MR) is 90.9 cm³/mol. The second kappa shape index (κ2) is 8.16. The van der Waals surface area contributed by atoms with Crippen molar-refractivity contribution in [2.24, 2.45) is 11.7 Å². The van der Waals surface area contributed by atoms with Crippen LogP contribution in [0.1, 0.15) is 60.3 Å². The monoisotopic (exact) mass is 313 g/mol. The van der Waals surface area contributed by atoms with Gasteiger partial charge in [0.25, 0.3) is 0 Å². The van der Waals surface area contributed by atoms with Gasteiger partial charge in [-0.15, -0.1) is 0 Å². The number of ether oxygens (including phenoxy) is 1. The van der Waals surface area contributed by atoms with E-state index in [4.69, 9.17) is 10.5 Å². The van der Waals surface area contributed by atoms with Gasteiger partial charge in [-0.2, -0.15) is 0 Å². The van der Waals surface area contributed by atoms with E-state index in [-0.39, 0.29) is 18.2 Å². The predicted octanol–water partition coefficient (Wildman–Crippen LogP) is 2.74. The first-order valence-electron chi connectivity index (χ1n) is 8.55. The van der Waals surface area contributed by atoms with Crippen LogP contribution in [0.4, 0.5) is 4.79 Å². The number of hydrogen-bond donors (Lipinski definition) is 2. The zero-order valence-corrected chi connectivity index (χ0v) is 15.2. The molecule has 2 atom stereocenters. The van der Waals surface area contributed by atoms with Crippen molar-refractivity contribution in [1.82, 2.24) is 10.2 Å². The fraction of sp³-hybridized carbons (Fsp3) is 0.941. The van der Waals surface area contributed by atoms with Crippen molar-refractivity contribution in [3.8, 4) is 0 Å². The third kappa shape index (κ3) is 6.13. The van der Waals surface area contributed by atoms with Gasteiger partial charge in [0.15, 0.2) is 0 Å². The lowest BCUT2D eigenvalue weighted by Gasteiger charge is -2.40. The Balaban J connectivity index is 2.56. The molecule has 0 aromatic carbocycles. The molecule has 0 bridgehead atoms. The van der Waals surface area contributed by atoms with E-state index in [1.165, 1.54) is 25.7 Å². The fourth-order valence-corrected chi connectivity index (χ4v) is 3.23. The summed E-state index contributed by atoms with van der Waals surface area (Å²) in [6.07, 6.45) is 4.62. The van der Waals surface area contributed by atoms with Crippen LogP contribution in [0.25, 0.3) is 0 Å². The molecule has 0 spiro atoms. The molecule has 130 valence electrons. The summed E-state index contributed by atoms with van der Waals surface area (Å²) in [5.74, 6) is 0.832. The molecule has 1 saturated carbocycles. The van der Waals surface area contributed by atoms with E-state index >= 15 is 0 Å². The van der Waals surface area contributed by atoms with Crippen LogP contribution in [0.5, 0.6) is 0 Å². The summed E-state index contributed by atoms with van der Waals surface area (Å²) >= 11 is 0. The number of nitrogens with two attached hydrogens (primary N) is 1. The van der Waals surface area contributed by atoms with Gasteiger partial charge in [-0.05, 0) is 66.3 Å². The lowest BCUT2D eigenvalue weighted by Crippen LogP contribution is -2.56. The number of carbonyl (C=O) groups is 1. The van der Waals surface area contributed by atoms with E-state index in [2.05, 4.69) is 24.2 Å². The van der Waals surface area contributed by atoms with Crippen LogP contribution < -0.4 is 11.1 Å². The fourth-order valence-electron chi connectivity index (χ4n) is 3.23. The standard InChI is InChI=1S/C17H35N3O2/c1-12-7-9-14(10-8-12)20(6)15(11-18)13(2)19-16(21)22-17(3,4)5/h12-15H,7-11,18H2,1-6H3,(H,19,21). The smallest absolute Gasteiger partial charge is 0.407 e. The summed E-state index contributed by atoms with van der Waals surface area (Å²) in [5, 5.41) is 2.93. The molecule has 22 heavy (non-hydrogen) atoms. The van der Waals surface area contributed by atoms with Gasteiger partial charge in [-0.3, -0.25) is 4.90 Å². The Morgan fingerprint density at radius 2 is 1.86 bits per heavy atom. The molecule has 0 radical (unpaired) electrons. The van der Waals surface area contributed by atoms with Gasteiger partial charge in [0.1, 0.15) is 5.60 Å². The quantitative estimate of drug-likeness (QED) is 0.819. The molecule has 1 rings (SSSR count). The Morgan fingerprint density at radius 1 is 1.32 bits per heavy atom. The molecule has 0 aliphatic heterocycles. The Morgan fingerprint density at radius 3 is 2.32 bits per heavy atom. The SMILES string of the molecule is CC1CCC(N(C)C(CN)C(C)NC(=O)OC(C)(C)C)CC1. The van der Waals surface area contributed by atoms with Crippen molar-refractivity contribution in [1.29, 1.82) is 0 Å². The highest BCUT2D eigenvalue weighted by Gasteiger charge is 2.30. The third-order valence-corrected chi connectivity index (χ3v) is 4.65. The maximum absolute atomic E-state index is 11.9. The molecule has 1 amide bonds. The first-order valence-corrected chi connectivity index (χ1v) is 8.55. The third-order valence-electron chi connectivity index (χ3n) is 4.65. The molecule has 2 unspecified atom stereocenters. The number of alkyl carbamates (subject to hydrolysis) is 1. The van der Waals surface area contributed by atoms with E-state index in [0.29, 0.717) is 12.6 Å². The van der Waals surface area contributed by atoms with Gasteiger partial charge < -0.3 is 15.8 Å². The Bertz CT molecular complexity index is 346. The number of hydrogen-bond acceptors (Lipinski definition) is 4. The highest BCUT2D eigenvalue weighted by Crippen LogP contribution is 2.27. The summed E-state index contributed by atoms with van der Waals surface area (Å²) in [5.41, 5.74) is 5.50. The van der Waals surface area contributed by atoms with Crippen LogP contribution in [0, 0.1) is 5.92 Å². The number of rotatable bonds is 5. The topological polar surface area (TPSA) is 67.6 Å². The van der Waals surface area contributed by atoms with Gasteiger partial charge in [0.05, 0.1) is 0 Å². The van der Waals surface area contributed by atoms with Crippen LogP contribution in [-0.2, 0) is 4.74 Å². The van der Waals surface area contributed by atoms with Gasteiger partial charge in [0.2, 0.25) is 0 Å². The number of nitrogens with one attached hydrogen (secondary N) is 1. The average Bonchev–Trinajstić information content (AvgIpc) is 2.37. The maximum Gasteiger partial charge on any atom is 0.407 e. The number of likely N-dealkylation sites (N-methyl/N-ethyl adjacent to an activating group) is 1. The molecule has 5 nitrogen and oxygen atoms in total. The first-order chi connectivity index (χ1) is 10.1. The molecule has 0 aromatic heterocycles. The molecule has 5 heteroatoms. The zero-order valence-electron chi connectivity index (χ0n) is 15.2. The number of carbonyl (C=O) groups excluding carboxylic acids is 1. The van der Waals surface area contributed by atoms with E-state index in [1.807, 2.05) is 27.7 Å². The van der Waals surface area contributed by atoms with Gasteiger partial charge in [-0.1, -0.05) is 6.92 Å². The van der Waals surface area contributed by atoms with Crippen LogP contribution in [0.15, 0.2) is 0 Å². The van der Waals surface area contributed by atoms with Crippen molar-refractivity contribution < 1.29 is 9.53 Å². The highest BCUT2D eigenvalue weighted by molar-refractivity contribution is 5.68. The second-order valence-corrected chi connectivity index (χ2v) is 7.82. The summed E-state index contributed by atoms with van der Waals surface area (Å²) in [4.78, 5) is 14.3. The zero-order chi connectivity index (χ0) is 16.9. The molecular formula is C17H35N3O2. The molecule has 3 N–H and O–H groups in total. The van der Waals surface area contributed by atoms with E-state index in [9.17, 15) is 4.79 Å². The molecule has 0 saturated heterocycles. The molecule has 0 aromatic rings. The molecule has 1 aliphatic rings. The highest BCUT2D eigenvalue weighted by atomic mass is 16.6. The van der Waals surface area contributed by atoms with Crippen LogP contribution in [0.3, 0.4) is 0 Å². The van der Waals surface area contributed by atoms with Gasteiger partial charge in [0, 0.05) is 24.7 Å². The summed E-state index contributed by atoms with van der Waals surface area (Å²) in [6, 6.07) is 0.655. The van der Waals surface area contributed by atoms with Crippen LogP contribution in [-0.4, -0.2) is 48.3 Å². The summed E-state index contributed by atoms with van der Waals surface area (Å²) in [7, 11) is 2.13. The molecular weight excluding hydrogens is 278 g/mol. The Hall–Kier alpha value is -0.810. The van der Waals surface area contributed by atoms with E-state index in [1.54, 1.807) is 0 Å². The lowest BCUT2D eigenvalue weighted by atomic mass is 9.86. The van der Waals surface area contributed by atoms with E-state index < -0.39 is 5.60 Å². The number of amides is 1. The maximum atomic E-state index is 11.9. The minimum Gasteiger partial charge on any atom is -0.444 e. The largest absolute Gasteiger partial charge is 0.444 e. The van der Waals surface area contributed by atoms with Gasteiger partial charge >= 0.3 is 6.09 Å². The van der Waals surface area contributed by atoms with Crippen molar-refractivity contribution >= 4 is 6.09 Å². The van der Waals surface area contributed by atoms with E-state index in [0.717, 1.165) is 5.92 Å². The Kier molecular flexibility index (Phi) is 7.13. The summed E-state index contributed by atoms with van der Waals surface area (Å²) < 4.78 is 5.33. The summed E-state index contributed by atoms with van der Waals surface area (Å²) in [6.45, 7) is 10.5. The van der Waals surface area contributed by atoms with Crippen molar-refractivity contribution in [2.45, 2.75) is 84.0 Å². The van der Waals surface area contributed by atoms with Crippen molar-refractivity contribution in [3.05, 3.63) is 0 Å². The first kappa shape index (κ1) is 19.2.